The predicted molar refractivity (Wildman–Crippen MR) is 137 cm³/mol. The Labute approximate surface area is 205 Å². The number of pyridine rings is 1. The molecular weight excluding hydrogens is 444 g/mol. The third-order valence-corrected chi connectivity index (χ3v) is 7.64. The molecule has 0 unspecified atom stereocenters. The number of hydrogen-bond acceptors (Lipinski definition) is 5. The van der Waals surface area contributed by atoms with Gasteiger partial charge in [-0.1, -0.05) is 11.8 Å². The molecule has 6 heteroatoms. The van der Waals surface area contributed by atoms with Crippen molar-refractivity contribution in [2.45, 2.75) is 39.0 Å². The van der Waals surface area contributed by atoms with E-state index < -0.39 is 5.97 Å². The lowest BCUT2D eigenvalue weighted by atomic mass is 9.80. The maximum Gasteiger partial charge on any atom is 0.303 e. The highest BCUT2D eigenvalue weighted by Crippen LogP contribution is 2.31. The average molecular weight is 477 g/mol. The smallest absolute Gasteiger partial charge is 0.303 e. The third-order valence-electron chi connectivity index (χ3n) is 6.73. The molecule has 34 heavy (non-hydrogen) atoms. The van der Waals surface area contributed by atoms with E-state index in [4.69, 9.17) is 4.74 Å². The van der Waals surface area contributed by atoms with E-state index in [0.717, 1.165) is 60.3 Å². The number of nitrogens with zero attached hydrogens (tertiary/aromatic N) is 2. The van der Waals surface area contributed by atoms with Gasteiger partial charge in [0, 0.05) is 29.4 Å². The first-order chi connectivity index (χ1) is 16.5. The minimum Gasteiger partial charge on any atom is -0.497 e. The molecule has 1 aromatic carbocycles. The zero-order valence-corrected chi connectivity index (χ0v) is 20.7. The van der Waals surface area contributed by atoms with Gasteiger partial charge in [-0.25, -0.2) is 0 Å². The van der Waals surface area contributed by atoms with Gasteiger partial charge in [-0.05, 0) is 92.9 Å². The van der Waals surface area contributed by atoms with Gasteiger partial charge in [-0.15, -0.1) is 11.3 Å². The van der Waals surface area contributed by atoms with Crippen molar-refractivity contribution in [1.29, 1.82) is 0 Å². The maximum absolute atomic E-state index is 11.6. The standard InChI is InChI=1S/C28H32N2O3S/c1-20-8-10-25(34-20)7-4-15-30-16-13-21(23(19-30)17-28(31)32)5-3-6-22-12-14-29-27-11-9-24(33-2)18-26(22)27/h8-12,14,18,21,23H,3,5-6,13,15-17,19H2,1-2H3,(H,31,32)/t21-,23+/m1/s1. The highest BCUT2D eigenvalue weighted by Gasteiger charge is 2.30. The number of hydrogen-bond donors (Lipinski definition) is 1. The van der Waals surface area contributed by atoms with E-state index in [1.807, 2.05) is 18.3 Å². The fourth-order valence-electron chi connectivity index (χ4n) is 4.96. The second-order valence-corrected chi connectivity index (χ2v) is 10.4. The number of rotatable bonds is 8. The zero-order chi connectivity index (χ0) is 23.9. The predicted octanol–water partition coefficient (Wildman–Crippen LogP) is 5.40. The Morgan fingerprint density at radius 1 is 1.26 bits per heavy atom. The molecule has 0 spiro atoms. The van der Waals surface area contributed by atoms with Crippen LogP contribution in [-0.4, -0.2) is 47.7 Å². The summed E-state index contributed by atoms with van der Waals surface area (Å²) in [5, 5.41) is 10.6. The largest absolute Gasteiger partial charge is 0.497 e. The van der Waals surface area contributed by atoms with Crippen LogP contribution in [0.3, 0.4) is 0 Å². The fourth-order valence-corrected chi connectivity index (χ4v) is 5.70. The molecule has 1 saturated heterocycles. The molecule has 0 saturated carbocycles. The second-order valence-electron chi connectivity index (χ2n) is 9.10. The number of benzene rings is 1. The molecule has 2 atom stereocenters. The molecule has 1 aliphatic heterocycles. The first kappa shape index (κ1) is 24.3. The van der Waals surface area contributed by atoms with Crippen LogP contribution in [0.5, 0.6) is 5.75 Å². The number of piperidine rings is 1. The van der Waals surface area contributed by atoms with Gasteiger partial charge in [0.1, 0.15) is 5.75 Å². The number of aryl methyl sites for hydroxylation is 2. The van der Waals surface area contributed by atoms with Crippen molar-refractivity contribution in [1.82, 2.24) is 9.88 Å². The summed E-state index contributed by atoms with van der Waals surface area (Å²) in [5.74, 6) is 7.28. The topological polar surface area (TPSA) is 62.7 Å². The Hall–Kier alpha value is -2.88. The minimum absolute atomic E-state index is 0.173. The summed E-state index contributed by atoms with van der Waals surface area (Å²) in [7, 11) is 1.68. The minimum atomic E-state index is -0.704. The Morgan fingerprint density at radius 2 is 2.15 bits per heavy atom. The van der Waals surface area contributed by atoms with E-state index in [1.165, 1.54) is 10.4 Å². The van der Waals surface area contributed by atoms with E-state index in [-0.39, 0.29) is 12.3 Å². The summed E-state index contributed by atoms with van der Waals surface area (Å²) < 4.78 is 5.40. The van der Waals surface area contributed by atoms with E-state index in [0.29, 0.717) is 12.5 Å². The number of thiophene rings is 1. The molecule has 1 N–H and O–H groups in total. The van der Waals surface area contributed by atoms with Crippen molar-refractivity contribution in [2.75, 3.05) is 26.7 Å². The van der Waals surface area contributed by atoms with Gasteiger partial charge in [0.05, 0.1) is 24.0 Å². The Balaban J connectivity index is 1.35. The summed E-state index contributed by atoms with van der Waals surface area (Å²) in [6.45, 7) is 4.58. The van der Waals surface area contributed by atoms with Gasteiger partial charge in [0.25, 0.3) is 0 Å². The molecule has 3 aromatic rings. The number of aliphatic carboxylic acids is 1. The second kappa shape index (κ2) is 11.5. The molecule has 0 radical (unpaired) electrons. The molecule has 0 bridgehead atoms. The van der Waals surface area contributed by atoms with Crippen molar-refractivity contribution in [3.63, 3.8) is 0 Å². The Bertz CT molecular complexity index is 1190. The molecule has 5 nitrogen and oxygen atoms in total. The molecule has 1 aliphatic rings. The summed E-state index contributed by atoms with van der Waals surface area (Å²) in [6, 6.07) is 12.2. The van der Waals surface area contributed by atoms with Gasteiger partial charge in [0.2, 0.25) is 0 Å². The van der Waals surface area contributed by atoms with Crippen LogP contribution in [0, 0.1) is 30.6 Å². The number of fused-ring (bicyclic) bond motifs is 1. The molecule has 1 fully saturated rings. The van der Waals surface area contributed by atoms with Crippen LogP contribution in [0.1, 0.15) is 41.0 Å². The number of carboxylic acids is 1. The van der Waals surface area contributed by atoms with Gasteiger partial charge in [-0.2, -0.15) is 0 Å². The average Bonchev–Trinajstić information content (AvgIpc) is 3.24. The fraction of sp³-hybridized carbons (Fsp3) is 0.429. The molecule has 0 amide bonds. The number of methoxy groups -OCH3 is 1. The monoisotopic (exact) mass is 476 g/mol. The normalized spacial score (nSPS) is 18.4. The number of carboxylic acid groups (broad SMARTS) is 1. The lowest BCUT2D eigenvalue weighted by molar-refractivity contribution is -0.139. The van der Waals surface area contributed by atoms with E-state index in [2.05, 4.69) is 52.9 Å². The van der Waals surface area contributed by atoms with Crippen LogP contribution in [0.2, 0.25) is 0 Å². The van der Waals surface area contributed by atoms with Crippen molar-refractivity contribution in [3.8, 4) is 17.6 Å². The molecule has 2 aromatic heterocycles. The lowest BCUT2D eigenvalue weighted by Gasteiger charge is -2.37. The van der Waals surface area contributed by atoms with Crippen LogP contribution in [-0.2, 0) is 11.2 Å². The summed E-state index contributed by atoms with van der Waals surface area (Å²) in [4.78, 5) is 20.7. The first-order valence-electron chi connectivity index (χ1n) is 11.9. The van der Waals surface area contributed by atoms with Crippen LogP contribution in [0.15, 0.2) is 42.6 Å². The number of ether oxygens (including phenoxy) is 1. The zero-order valence-electron chi connectivity index (χ0n) is 19.9. The molecule has 3 heterocycles. The van der Waals surface area contributed by atoms with Crippen molar-refractivity contribution < 1.29 is 14.6 Å². The van der Waals surface area contributed by atoms with Crippen LogP contribution < -0.4 is 4.74 Å². The summed E-state index contributed by atoms with van der Waals surface area (Å²) in [5.41, 5.74) is 2.25. The van der Waals surface area contributed by atoms with E-state index >= 15 is 0 Å². The highest BCUT2D eigenvalue weighted by molar-refractivity contribution is 7.12. The number of aromatic nitrogens is 1. The molecule has 0 aliphatic carbocycles. The van der Waals surface area contributed by atoms with Crippen LogP contribution in [0.25, 0.3) is 10.9 Å². The van der Waals surface area contributed by atoms with Crippen molar-refractivity contribution in [3.05, 3.63) is 57.9 Å². The Kier molecular flexibility index (Phi) is 8.21. The van der Waals surface area contributed by atoms with Crippen molar-refractivity contribution >= 4 is 28.2 Å². The highest BCUT2D eigenvalue weighted by atomic mass is 32.1. The summed E-state index contributed by atoms with van der Waals surface area (Å²) in [6.07, 6.45) is 6.16. The third kappa shape index (κ3) is 6.37. The van der Waals surface area contributed by atoms with Crippen LogP contribution in [0.4, 0.5) is 0 Å². The molecule has 178 valence electrons. The molecular formula is C28H32N2O3S. The first-order valence-corrected chi connectivity index (χ1v) is 12.7. The quantitative estimate of drug-likeness (QED) is 0.441. The Morgan fingerprint density at radius 3 is 2.91 bits per heavy atom. The van der Waals surface area contributed by atoms with Gasteiger partial charge in [0.15, 0.2) is 0 Å². The maximum atomic E-state index is 11.6. The summed E-state index contributed by atoms with van der Waals surface area (Å²) >= 11 is 1.71. The SMILES string of the molecule is COc1ccc2nccc(CCC[C@@H]3CCN(CC#Cc4ccc(C)s4)C[C@@H]3CC(=O)O)c2c1. The van der Waals surface area contributed by atoms with Crippen molar-refractivity contribution in [2.24, 2.45) is 11.8 Å². The van der Waals surface area contributed by atoms with Gasteiger partial charge in [-0.3, -0.25) is 14.7 Å². The van der Waals surface area contributed by atoms with Gasteiger partial charge >= 0.3 is 5.97 Å². The lowest BCUT2D eigenvalue weighted by Crippen LogP contribution is -2.41. The molecule has 4 rings (SSSR count). The number of carbonyl (C=O) groups is 1. The van der Waals surface area contributed by atoms with E-state index in [1.54, 1.807) is 18.4 Å². The van der Waals surface area contributed by atoms with Crippen LogP contribution >= 0.6 is 11.3 Å². The van der Waals surface area contributed by atoms with Gasteiger partial charge < -0.3 is 9.84 Å². The number of likely N-dealkylation sites (tertiary alicyclic amines) is 1. The van der Waals surface area contributed by atoms with E-state index in [9.17, 15) is 9.90 Å².